The number of carbonyl (C=O) groups excluding carboxylic acids is 1. The summed E-state index contributed by atoms with van der Waals surface area (Å²) in [7, 11) is 0. The highest BCUT2D eigenvalue weighted by Gasteiger charge is 2.28. The molecule has 2 aromatic carbocycles. The Kier molecular flexibility index (Phi) is 5.04. The van der Waals surface area contributed by atoms with E-state index in [0.717, 1.165) is 62.3 Å². The summed E-state index contributed by atoms with van der Waals surface area (Å²) in [6.45, 7) is 3.60. The van der Waals surface area contributed by atoms with Gasteiger partial charge in [0, 0.05) is 49.2 Å². The van der Waals surface area contributed by atoms with Gasteiger partial charge < -0.3 is 19.7 Å². The second kappa shape index (κ2) is 7.97. The fourth-order valence-corrected chi connectivity index (χ4v) is 4.84. The van der Waals surface area contributed by atoms with Crippen LogP contribution >= 0.6 is 0 Å². The van der Waals surface area contributed by atoms with E-state index in [1.165, 1.54) is 16.7 Å². The van der Waals surface area contributed by atoms with Crippen molar-refractivity contribution >= 4 is 6.03 Å². The van der Waals surface area contributed by atoms with Crippen LogP contribution in [0.1, 0.15) is 35.1 Å². The molecule has 1 N–H and O–H groups in total. The standard InChI is InChI=1S/C24H28N2O3/c27-24(26-10-6-18(7-11-26)14-17-4-2-1-3-5-17)25-16-21-20-9-13-28-22(20)15-19-8-12-29-23(19)21/h1-5,15,18H,6-14,16H2,(H,25,27). The van der Waals surface area contributed by atoms with E-state index < -0.39 is 0 Å². The summed E-state index contributed by atoms with van der Waals surface area (Å²) >= 11 is 0. The summed E-state index contributed by atoms with van der Waals surface area (Å²) in [6, 6.07) is 12.8. The van der Waals surface area contributed by atoms with Gasteiger partial charge >= 0.3 is 6.03 Å². The summed E-state index contributed by atoms with van der Waals surface area (Å²) in [5.41, 5.74) is 4.91. The maximum Gasteiger partial charge on any atom is 0.317 e. The maximum absolute atomic E-state index is 12.8. The number of hydrogen-bond acceptors (Lipinski definition) is 3. The summed E-state index contributed by atoms with van der Waals surface area (Å²) in [4.78, 5) is 14.7. The number of benzene rings is 2. The molecule has 1 fully saturated rings. The number of carbonyl (C=O) groups is 1. The van der Waals surface area contributed by atoms with Crippen LogP contribution in [0.15, 0.2) is 36.4 Å². The fourth-order valence-electron chi connectivity index (χ4n) is 4.84. The lowest BCUT2D eigenvalue weighted by Gasteiger charge is -2.32. The molecule has 1 saturated heterocycles. The molecular formula is C24H28N2O3. The van der Waals surface area contributed by atoms with Gasteiger partial charge in [0.25, 0.3) is 0 Å². The minimum atomic E-state index is 0.0337. The monoisotopic (exact) mass is 392 g/mol. The zero-order valence-electron chi connectivity index (χ0n) is 16.8. The average Bonchev–Trinajstić information content (AvgIpc) is 3.41. The number of urea groups is 1. The minimum Gasteiger partial charge on any atom is -0.493 e. The van der Waals surface area contributed by atoms with Gasteiger partial charge in [0.05, 0.1) is 13.2 Å². The Morgan fingerprint density at radius 3 is 2.69 bits per heavy atom. The molecule has 2 aromatic rings. The minimum absolute atomic E-state index is 0.0337. The molecule has 0 unspecified atom stereocenters. The highest BCUT2D eigenvalue weighted by Crippen LogP contribution is 2.40. The molecule has 152 valence electrons. The van der Waals surface area contributed by atoms with E-state index in [1.807, 2.05) is 4.90 Å². The van der Waals surface area contributed by atoms with Crippen molar-refractivity contribution in [1.82, 2.24) is 10.2 Å². The van der Waals surface area contributed by atoms with Crippen LogP contribution in [0.3, 0.4) is 0 Å². The third-order valence-corrected chi connectivity index (χ3v) is 6.45. The molecule has 3 heterocycles. The van der Waals surface area contributed by atoms with E-state index in [-0.39, 0.29) is 6.03 Å². The molecule has 29 heavy (non-hydrogen) atoms. The Hall–Kier alpha value is -2.69. The summed E-state index contributed by atoms with van der Waals surface area (Å²) in [5, 5.41) is 3.14. The SMILES string of the molecule is O=C(NCc1c2c(cc3c1OCC3)OCC2)N1CCC(Cc2ccccc2)CC1. The van der Waals surface area contributed by atoms with Gasteiger partial charge in [-0.1, -0.05) is 30.3 Å². The van der Waals surface area contributed by atoms with E-state index in [9.17, 15) is 4.79 Å². The van der Waals surface area contributed by atoms with Crippen molar-refractivity contribution in [1.29, 1.82) is 0 Å². The molecular weight excluding hydrogens is 364 g/mol. The van der Waals surface area contributed by atoms with Gasteiger partial charge in [0.2, 0.25) is 0 Å². The fraction of sp³-hybridized carbons (Fsp3) is 0.458. The molecule has 0 aromatic heterocycles. The van der Waals surface area contributed by atoms with Crippen molar-refractivity contribution in [2.45, 2.75) is 38.6 Å². The molecule has 0 radical (unpaired) electrons. The average molecular weight is 392 g/mol. The van der Waals surface area contributed by atoms with Gasteiger partial charge in [-0.25, -0.2) is 4.79 Å². The molecule has 5 heteroatoms. The van der Waals surface area contributed by atoms with Crippen LogP contribution in [0, 0.1) is 5.92 Å². The molecule has 2 amide bonds. The summed E-state index contributed by atoms with van der Waals surface area (Å²) in [5.74, 6) is 2.60. The van der Waals surface area contributed by atoms with E-state index in [0.29, 0.717) is 25.7 Å². The number of rotatable bonds is 4. The predicted molar refractivity (Wildman–Crippen MR) is 112 cm³/mol. The maximum atomic E-state index is 12.8. The number of ether oxygens (including phenoxy) is 2. The van der Waals surface area contributed by atoms with Crippen molar-refractivity contribution in [2.75, 3.05) is 26.3 Å². The van der Waals surface area contributed by atoms with Crippen molar-refractivity contribution in [3.05, 3.63) is 58.7 Å². The number of amides is 2. The highest BCUT2D eigenvalue weighted by atomic mass is 16.5. The molecule has 3 aliphatic heterocycles. The summed E-state index contributed by atoms with van der Waals surface area (Å²) < 4.78 is 11.7. The number of nitrogens with zero attached hydrogens (tertiary/aromatic N) is 1. The number of likely N-dealkylation sites (tertiary alicyclic amines) is 1. The van der Waals surface area contributed by atoms with E-state index in [4.69, 9.17) is 9.47 Å². The lowest BCUT2D eigenvalue weighted by molar-refractivity contribution is 0.170. The van der Waals surface area contributed by atoms with Gasteiger partial charge in [0.15, 0.2) is 0 Å². The molecule has 0 atom stereocenters. The van der Waals surface area contributed by atoms with Gasteiger partial charge in [-0.3, -0.25) is 0 Å². The Morgan fingerprint density at radius 1 is 1.07 bits per heavy atom. The van der Waals surface area contributed by atoms with Crippen molar-refractivity contribution in [2.24, 2.45) is 5.92 Å². The van der Waals surface area contributed by atoms with Crippen LogP contribution in [0.5, 0.6) is 11.5 Å². The van der Waals surface area contributed by atoms with Crippen LogP contribution in [0.25, 0.3) is 0 Å². The van der Waals surface area contributed by atoms with Gasteiger partial charge in [0.1, 0.15) is 11.5 Å². The van der Waals surface area contributed by atoms with E-state index in [1.54, 1.807) is 0 Å². The lowest BCUT2D eigenvalue weighted by atomic mass is 9.90. The third-order valence-electron chi connectivity index (χ3n) is 6.45. The largest absolute Gasteiger partial charge is 0.493 e. The zero-order chi connectivity index (χ0) is 19.6. The van der Waals surface area contributed by atoms with Crippen LogP contribution in [-0.4, -0.2) is 37.2 Å². The summed E-state index contributed by atoms with van der Waals surface area (Å²) in [6.07, 6.45) is 5.05. The van der Waals surface area contributed by atoms with E-state index in [2.05, 4.69) is 41.7 Å². The Bertz CT molecular complexity index is 856. The first-order valence-electron chi connectivity index (χ1n) is 10.8. The first-order chi connectivity index (χ1) is 14.3. The molecule has 0 spiro atoms. The second-order valence-electron chi connectivity index (χ2n) is 8.30. The molecule has 5 rings (SSSR count). The zero-order valence-corrected chi connectivity index (χ0v) is 16.8. The highest BCUT2D eigenvalue weighted by molar-refractivity contribution is 5.74. The molecule has 0 bridgehead atoms. The van der Waals surface area contributed by atoms with E-state index >= 15 is 0 Å². The second-order valence-corrected chi connectivity index (χ2v) is 8.30. The topological polar surface area (TPSA) is 50.8 Å². The molecule has 0 saturated carbocycles. The van der Waals surface area contributed by atoms with Crippen LogP contribution < -0.4 is 14.8 Å². The number of fused-ring (bicyclic) bond motifs is 2. The lowest BCUT2D eigenvalue weighted by Crippen LogP contribution is -2.44. The first-order valence-corrected chi connectivity index (χ1v) is 10.8. The van der Waals surface area contributed by atoms with Crippen molar-refractivity contribution in [3.63, 3.8) is 0 Å². The van der Waals surface area contributed by atoms with Crippen molar-refractivity contribution in [3.8, 4) is 11.5 Å². The molecule has 3 aliphatic rings. The Balaban J connectivity index is 1.18. The van der Waals surface area contributed by atoms with Crippen LogP contribution in [0.2, 0.25) is 0 Å². The van der Waals surface area contributed by atoms with Gasteiger partial charge in [-0.2, -0.15) is 0 Å². The molecule has 0 aliphatic carbocycles. The predicted octanol–water partition coefficient (Wildman–Crippen LogP) is 3.72. The quantitative estimate of drug-likeness (QED) is 0.863. The number of nitrogens with one attached hydrogen (secondary N) is 1. The Labute approximate surface area is 172 Å². The number of hydrogen-bond donors (Lipinski definition) is 1. The van der Waals surface area contributed by atoms with Crippen LogP contribution in [-0.2, 0) is 25.8 Å². The normalized spacial score (nSPS) is 18.0. The molecule has 5 nitrogen and oxygen atoms in total. The van der Waals surface area contributed by atoms with Crippen LogP contribution in [0.4, 0.5) is 4.79 Å². The van der Waals surface area contributed by atoms with Gasteiger partial charge in [-0.05, 0) is 36.8 Å². The third kappa shape index (κ3) is 3.78. The van der Waals surface area contributed by atoms with Crippen molar-refractivity contribution < 1.29 is 14.3 Å². The van der Waals surface area contributed by atoms with Gasteiger partial charge in [-0.15, -0.1) is 0 Å². The smallest absolute Gasteiger partial charge is 0.317 e. The Morgan fingerprint density at radius 2 is 1.86 bits per heavy atom. The first kappa shape index (κ1) is 18.3. The number of piperidine rings is 1.